The van der Waals surface area contributed by atoms with Crippen LogP contribution in [0.5, 0.6) is 5.75 Å². The van der Waals surface area contributed by atoms with Crippen molar-refractivity contribution in [2.24, 2.45) is 0 Å². The van der Waals surface area contributed by atoms with Crippen molar-refractivity contribution >= 4 is 23.2 Å². The highest BCUT2D eigenvalue weighted by atomic mass is 35.5. The zero-order valence-corrected chi connectivity index (χ0v) is 17.4. The van der Waals surface area contributed by atoms with Crippen LogP contribution in [0, 0.1) is 0 Å². The zero-order chi connectivity index (χ0) is 20.1. The summed E-state index contributed by atoms with van der Waals surface area (Å²) in [5.41, 5.74) is 1.65. The van der Waals surface area contributed by atoms with Crippen molar-refractivity contribution in [1.29, 1.82) is 0 Å². The third-order valence-corrected chi connectivity index (χ3v) is 5.91. The number of carbonyl (C=O) groups is 1. The number of hydrogen-bond donors (Lipinski definition) is 0. The Morgan fingerprint density at radius 3 is 2.55 bits per heavy atom. The Kier molecular flexibility index (Phi) is 6.52. The maximum atomic E-state index is 12.9. The second-order valence-electron chi connectivity index (χ2n) is 7.51. The van der Waals surface area contributed by atoms with E-state index in [1.165, 1.54) is 12.8 Å². The van der Waals surface area contributed by atoms with Gasteiger partial charge < -0.3 is 14.5 Å². The Hall–Kier alpha value is -2.31. The summed E-state index contributed by atoms with van der Waals surface area (Å²) >= 11 is 6.12. The molecular weight excluding hydrogens is 388 g/mol. The van der Waals surface area contributed by atoms with Gasteiger partial charge in [0.25, 0.3) is 5.91 Å². The van der Waals surface area contributed by atoms with Crippen LogP contribution in [0.4, 0.5) is 5.69 Å². The molecule has 1 aromatic carbocycles. The number of pyridine rings is 1. The molecule has 2 saturated heterocycles. The number of halogens is 1. The molecule has 0 radical (unpaired) electrons. The highest BCUT2D eigenvalue weighted by molar-refractivity contribution is 6.32. The average Bonchev–Trinajstić information content (AvgIpc) is 3.30. The number of hydrogen-bond acceptors (Lipinski definition) is 5. The summed E-state index contributed by atoms with van der Waals surface area (Å²) in [5, 5.41) is 0.631. The fourth-order valence-electron chi connectivity index (χ4n) is 3.89. The Morgan fingerprint density at radius 2 is 1.79 bits per heavy atom. The van der Waals surface area contributed by atoms with Crippen LogP contribution >= 0.6 is 11.6 Å². The molecule has 0 atom stereocenters. The van der Waals surface area contributed by atoms with Crippen LogP contribution < -0.4 is 9.64 Å². The molecule has 6 nitrogen and oxygen atoms in total. The Morgan fingerprint density at radius 1 is 1.03 bits per heavy atom. The van der Waals surface area contributed by atoms with Crippen molar-refractivity contribution < 1.29 is 9.53 Å². The Labute approximate surface area is 177 Å². The van der Waals surface area contributed by atoms with E-state index in [0.29, 0.717) is 36.2 Å². The first-order valence-electron chi connectivity index (χ1n) is 10.3. The van der Waals surface area contributed by atoms with Crippen LogP contribution in [0.3, 0.4) is 0 Å². The van der Waals surface area contributed by atoms with E-state index >= 15 is 0 Å². The monoisotopic (exact) mass is 414 g/mol. The van der Waals surface area contributed by atoms with Crippen molar-refractivity contribution in [3.05, 3.63) is 53.3 Å². The second kappa shape index (κ2) is 9.46. The van der Waals surface area contributed by atoms with Crippen molar-refractivity contribution in [2.45, 2.75) is 12.8 Å². The van der Waals surface area contributed by atoms with E-state index in [1.807, 2.05) is 41.3 Å². The summed E-state index contributed by atoms with van der Waals surface area (Å²) in [6, 6.07) is 11.5. The smallest absolute Gasteiger partial charge is 0.272 e. The van der Waals surface area contributed by atoms with E-state index in [4.69, 9.17) is 16.3 Å². The second-order valence-corrected chi connectivity index (χ2v) is 7.91. The summed E-state index contributed by atoms with van der Waals surface area (Å²) in [6.07, 6.45) is 4.19. The van der Waals surface area contributed by atoms with Crippen molar-refractivity contribution in [1.82, 2.24) is 14.8 Å². The number of para-hydroxylation sites is 1. The summed E-state index contributed by atoms with van der Waals surface area (Å²) in [5.74, 6) is 0.741. The first-order chi connectivity index (χ1) is 14.2. The van der Waals surface area contributed by atoms with Gasteiger partial charge in [-0.1, -0.05) is 23.7 Å². The molecule has 29 heavy (non-hydrogen) atoms. The lowest BCUT2D eigenvalue weighted by Crippen LogP contribution is -2.49. The molecule has 0 bridgehead atoms. The summed E-state index contributed by atoms with van der Waals surface area (Å²) < 4.78 is 5.78. The lowest BCUT2D eigenvalue weighted by Gasteiger charge is -2.34. The number of carbonyl (C=O) groups excluding carboxylic acids is 1. The highest BCUT2D eigenvalue weighted by Crippen LogP contribution is 2.23. The van der Waals surface area contributed by atoms with E-state index in [0.717, 1.165) is 38.4 Å². The van der Waals surface area contributed by atoms with Gasteiger partial charge in [-0.25, -0.2) is 0 Å². The first-order valence-corrected chi connectivity index (χ1v) is 10.7. The molecule has 154 valence electrons. The molecule has 1 aromatic heterocycles. The van der Waals surface area contributed by atoms with Gasteiger partial charge >= 0.3 is 0 Å². The molecule has 2 aliphatic rings. The summed E-state index contributed by atoms with van der Waals surface area (Å²) in [4.78, 5) is 23.8. The minimum absolute atomic E-state index is 0.0259. The normalized spacial score (nSPS) is 17.6. The molecule has 0 spiro atoms. The van der Waals surface area contributed by atoms with E-state index in [2.05, 4.69) is 14.8 Å². The predicted molar refractivity (Wildman–Crippen MR) is 115 cm³/mol. The summed E-state index contributed by atoms with van der Waals surface area (Å²) in [6.45, 7) is 6.61. The van der Waals surface area contributed by atoms with Gasteiger partial charge in [0.2, 0.25) is 0 Å². The number of anilines is 1. The van der Waals surface area contributed by atoms with Gasteiger partial charge in [-0.05, 0) is 37.1 Å². The number of piperazine rings is 1. The van der Waals surface area contributed by atoms with Gasteiger partial charge in [0.15, 0.2) is 0 Å². The quantitative estimate of drug-likeness (QED) is 0.726. The molecular formula is C22H27ClN4O2. The van der Waals surface area contributed by atoms with Crippen molar-refractivity contribution in [3.8, 4) is 5.75 Å². The Balaban J connectivity index is 1.25. The lowest BCUT2D eigenvalue weighted by atomic mass is 10.2. The van der Waals surface area contributed by atoms with Crippen LogP contribution in [-0.2, 0) is 0 Å². The molecule has 2 fully saturated rings. The van der Waals surface area contributed by atoms with Gasteiger partial charge in [-0.2, -0.15) is 0 Å². The maximum absolute atomic E-state index is 12.9. The Bertz CT molecular complexity index is 833. The number of benzene rings is 1. The molecule has 2 aromatic rings. The van der Waals surface area contributed by atoms with Crippen LogP contribution in [0.1, 0.15) is 23.3 Å². The third-order valence-electron chi connectivity index (χ3n) is 5.60. The fraction of sp³-hybridized carbons (Fsp3) is 0.455. The molecule has 0 aliphatic carbocycles. The molecule has 3 heterocycles. The first kappa shape index (κ1) is 20.0. The molecule has 0 N–H and O–H groups in total. The number of ether oxygens (including phenoxy) is 1. The minimum Gasteiger partial charge on any atom is -0.491 e. The molecule has 2 aliphatic heterocycles. The highest BCUT2D eigenvalue weighted by Gasteiger charge is 2.24. The van der Waals surface area contributed by atoms with Gasteiger partial charge in [-0.15, -0.1) is 0 Å². The van der Waals surface area contributed by atoms with Crippen LogP contribution in [-0.4, -0.2) is 73.1 Å². The van der Waals surface area contributed by atoms with Gasteiger partial charge in [0.1, 0.15) is 18.1 Å². The van der Waals surface area contributed by atoms with Crippen LogP contribution in [0.15, 0.2) is 42.6 Å². The van der Waals surface area contributed by atoms with E-state index in [1.54, 1.807) is 6.20 Å². The number of amides is 1. The molecule has 1 amide bonds. The molecule has 7 heteroatoms. The molecule has 4 rings (SSSR count). The number of aromatic nitrogens is 1. The van der Waals surface area contributed by atoms with Crippen LogP contribution in [0.2, 0.25) is 5.02 Å². The fourth-order valence-corrected chi connectivity index (χ4v) is 4.08. The zero-order valence-electron chi connectivity index (χ0n) is 16.6. The largest absolute Gasteiger partial charge is 0.491 e. The van der Waals surface area contributed by atoms with Gasteiger partial charge in [0.05, 0.1) is 5.02 Å². The van der Waals surface area contributed by atoms with E-state index in [-0.39, 0.29) is 5.91 Å². The third kappa shape index (κ3) is 5.00. The molecule has 0 unspecified atom stereocenters. The van der Waals surface area contributed by atoms with Crippen molar-refractivity contribution in [3.63, 3.8) is 0 Å². The minimum atomic E-state index is 0.0259. The van der Waals surface area contributed by atoms with Gasteiger partial charge in [0, 0.05) is 57.7 Å². The maximum Gasteiger partial charge on any atom is 0.272 e. The average molecular weight is 415 g/mol. The predicted octanol–water partition coefficient (Wildman–Crippen LogP) is 3.17. The van der Waals surface area contributed by atoms with Crippen LogP contribution in [0.25, 0.3) is 0 Å². The van der Waals surface area contributed by atoms with Gasteiger partial charge in [-0.3, -0.25) is 14.7 Å². The molecule has 0 saturated carbocycles. The van der Waals surface area contributed by atoms with Crippen molar-refractivity contribution in [2.75, 3.05) is 57.3 Å². The van der Waals surface area contributed by atoms with E-state index in [9.17, 15) is 4.79 Å². The standard InChI is InChI=1S/C22H27ClN4O2/c23-19-5-1-2-6-21(19)29-16-15-25-11-13-27(14-12-25)22(28)20-17-18(7-8-24-20)26-9-3-4-10-26/h1-2,5-8,17H,3-4,9-16H2. The van der Waals surface area contributed by atoms with E-state index < -0.39 is 0 Å². The SMILES string of the molecule is O=C(c1cc(N2CCCC2)ccn1)N1CCN(CCOc2ccccc2Cl)CC1. The number of rotatable bonds is 6. The topological polar surface area (TPSA) is 48.9 Å². The summed E-state index contributed by atoms with van der Waals surface area (Å²) in [7, 11) is 0. The number of nitrogens with zero attached hydrogens (tertiary/aromatic N) is 4. The lowest BCUT2D eigenvalue weighted by molar-refractivity contribution is 0.0614.